The van der Waals surface area contributed by atoms with Crippen LogP contribution in [0.4, 0.5) is 0 Å². The van der Waals surface area contributed by atoms with Crippen molar-refractivity contribution >= 4 is 11.5 Å². The molecule has 0 radical (unpaired) electrons. The average molecular weight is 178 g/mol. The highest BCUT2D eigenvalue weighted by Crippen LogP contribution is 2.22. The minimum absolute atomic E-state index is 0.709. The largest absolute Gasteiger partial charge is 0.443 e. The third-order valence-corrected chi connectivity index (χ3v) is 1.85. The first kappa shape index (κ1) is 7.24. The van der Waals surface area contributed by atoms with Crippen molar-refractivity contribution in [1.82, 2.24) is 9.59 Å². The third-order valence-electron chi connectivity index (χ3n) is 1.30. The second-order valence-corrected chi connectivity index (χ2v) is 2.90. The first-order valence-electron chi connectivity index (χ1n) is 3.45. The van der Waals surface area contributed by atoms with Crippen LogP contribution in [0.1, 0.15) is 0 Å². The van der Waals surface area contributed by atoms with E-state index in [1.165, 1.54) is 11.5 Å². The summed E-state index contributed by atoms with van der Waals surface area (Å²) in [5.74, 6) is 0.809. The van der Waals surface area contributed by atoms with Crippen molar-refractivity contribution in [2.75, 3.05) is 0 Å². The highest BCUT2D eigenvalue weighted by molar-refractivity contribution is 7.07. The summed E-state index contributed by atoms with van der Waals surface area (Å²) in [4.78, 5) is 0. The van der Waals surface area contributed by atoms with Gasteiger partial charge in [-0.2, -0.15) is 0 Å². The molecule has 1 aromatic carbocycles. The number of hydrogen-bond donors (Lipinski definition) is 0. The van der Waals surface area contributed by atoms with E-state index < -0.39 is 0 Å². The van der Waals surface area contributed by atoms with Crippen molar-refractivity contribution in [1.29, 1.82) is 0 Å². The number of aromatic nitrogens is 2. The van der Waals surface area contributed by atoms with E-state index in [0.717, 1.165) is 5.75 Å². The molecule has 0 saturated carbocycles. The van der Waals surface area contributed by atoms with Crippen LogP contribution in [0.15, 0.2) is 36.5 Å². The fraction of sp³-hybridized carbons (Fsp3) is 0. The lowest BCUT2D eigenvalue weighted by atomic mass is 10.3. The Kier molecular flexibility index (Phi) is 2.00. The van der Waals surface area contributed by atoms with Gasteiger partial charge in [0.15, 0.2) is 0 Å². The van der Waals surface area contributed by atoms with Crippen molar-refractivity contribution in [3.8, 4) is 10.8 Å². The molecule has 0 unspecified atom stereocenters. The van der Waals surface area contributed by atoms with Gasteiger partial charge < -0.3 is 4.74 Å². The lowest BCUT2D eigenvalue weighted by molar-refractivity contribution is 0.495. The highest BCUT2D eigenvalue weighted by Gasteiger charge is 1.96. The van der Waals surface area contributed by atoms with Crippen LogP contribution in [-0.2, 0) is 0 Å². The molecule has 1 aromatic heterocycles. The maximum absolute atomic E-state index is 5.41. The molecule has 0 N–H and O–H groups in total. The highest BCUT2D eigenvalue weighted by atomic mass is 32.1. The molecule has 12 heavy (non-hydrogen) atoms. The molecule has 60 valence electrons. The van der Waals surface area contributed by atoms with Crippen LogP contribution in [0, 0.1) is 0 Å². The molecule has 0 aliphatic carbocycles. The minimum atomic E-state index is 0.709. The smallest absolute Gasteiger partial charge is 0.220 e. The quantitative estimate of drug-likeness (QED) is 0.707. The molecule has 0 spiro atoms. The van der Waals surface area contributed by atoms with Gasteiger partial charge in [0, 0.05) is 11.5 Å². The monoisotopic (exact) mass is 178 g/mol. The summed E-state index contributed by atoms with van der Waals surface area (Å²) in [7, 11) is 0. The Balaban J connectivity index is 2.15. The van der Waals surface area contributed by atoms with Crippen LogP contribution >= 0.6 is 11.5 Å². The molecule has 3 nitrogen and oxygen atoms in total. The zero-order valence-electron chi connectivity index (χ0n) is 6.18. The molecule has 2 aromatic rings. The van der Waals surface area contributed by atoms with E-state index in [-0.39, 0.29) is 0 Å². The molecule has 0 bridgehead atoms. The molecular formula is C8H6N2OS. The molecular weight excluding hydrogens is 172 g/mol. The molecule has 0 atom stereocenters. The van der Waals surface area contributed by atoms with Crippen LogP contribution in [0.25, 0.3) is 0 Å². The molecule has 0 fully saturated rings. The predicted octanol–water partition coefficient (Wildman–Crippen LogP) is 2.33. The first-order valence-corrected chi connectivity index (χ1v) is 4.23. The van der Waals surface area contributed by atoms with Gasteiger partial charge in [-0.1, -0.05) is 22.7 Å². The molecule has 0 amide bonds. The number of nitrogens with zero attached hydrogens (tertiary/aromatic N) is 2. The molecule has 4 heteroatoms. The molecule has 0 aliphatic rings. The van der Waals surface area contributed by atoms with E-state index in [1.807, 2.05) is 30.3 Å². The van der Waals surface area contributed by atoms with E-state index in [1.54, 1.807) is 6.20 Å². The van der Waals surface area contributed by atoms with Crippen molar-refractivity contribution in [2.45, 2.75) is 0 Å². The number of benzene rings is 1. The Morgan fingerprint density at radius 1 is 1.17 bits per heavy atom. The third kappa shape index (κ3) is 1.60. The Labute approximate surface area is 73.8 Å². The maximum Gasteiger partial charge on any atom is 0.220 e. The Morgan fingerprint density at radius 2 is 2.00 bits per heavy atom. The van der Waals surface area contributed by atoms with E-state index in [4.69, 9.17) is 4.74 Å². The van der Waals surface area contributed by atoms with Gasteiger partial charge in [-0.25, -0.2) is 0 Å². The average Bonchev–Trinajstić information content (AvgIpc) is 2.59. The first-order chi connectivity index (χ1) is 5.95. The van der Waals surface area contributed by atoms with E-state index in [2.05, 4.69) is 9.59 Å². The zero-order valence-corrected chi connectivity index (χ0v) is 6.99. The van der Waals surface area contributed by atoms with Gasteiger partial charge in [-0.15, -0.1) is 5.10 Å². The summed E-state index contributed by atoms with van der Waals surface area (Å²) in [6, 6.07) is 9.56. The SMILES string of the molecule is c1ccc(Oc2cnns2)cc1. The normalized spacial score (nSPS) is 9.67. The second-order valence-electron chi connectivity index (χ2n) is 2.15. The minimum Gasteiger partial charge on any atom is -0.443 e. The number of rotatable bonds is 2. The second kappa shape index (κ2) is 3.32. The van der Waals surface area contributed by atoms with Gasteiger partial charge in [-0.3, -0.25) is 0 Å². The molecule has 1 heterocycles. The summed E-state index contributed by atoms with van der Waals surface area (Å²) in [5, 5.41) is 4.37. The van der Waals surface area contributed by atoms with E-state index in [9.17, 15) is 0 Å². The van der Waals surface area contributed by atoms with Gasteiger partial charge in [0.1, 0.15) is 11.9 Å². The standard InChI is InChI=1S/C8H6N2OS/c1-2-4-7(5-3-1)11-8-6-9-10-12-8/h1-6H. The van der Waals surface area contributed by atoms with Crippen molar-refractivity contribution in [2.24, 2.45) is 0 Å². The molecule has 0 aliphatic heterocycles. The Hall–Kier alpha value is -1.42. The van der Waals surface area contributed by atoms with Gasteiger partial charge >= 0.3 is 0 Å². The predicted molar refractivity (Wildman–Crippen MR) is 46.4 cm³/mol. The van der Waals surface area contributed by atoms with Crippen LogP contribution in [0.2, 0.25) is 0 Å². The van der Waals surface area contributed by atoms with E-state index >= 15 is 0 Å². The van der Waals surface area contributed by atoms with Crippen molar-refractivity contribution in [3.63, 3.8) is 0 Å². The maximum atomic E-state index is 5.41. The lowest BCUT2D eigenvalue weighted by Crippen LogP contribution is -1.78. The number of hydrogen-bond acceptors (Lipinski definition) is 4. The van der Waals surface area contributed by atoms with Gasteiger partial charge in [-0.05, 0) is 12.1 Å². The topological polar surface area (TPSA) is 35.0 Å². The van der Waals surface area contributed by atoms with Gasteiger partial charge in [0.25, 0.3) is 0 Å². The van der Waals surface area contributed by atoms with Crippen LogP contribution in [-0.4, -0.2) is 9.59 Å². The zero-order chi connectivity index (χ0) is 8.23. The Morgan fingerprint density at radius 3 is 2.67 bits per heavy atom. The fourth-order valence-electron chi connectivity index (χ4n) is 0.808. The summed E-state index contributed by atoms with van der Waals surface area (Å²) < 4.78 is 9.10. The number of para-hydroxylation sites is 1. The van der Waals surface area contributed by atoms with Crippen molar-refractivity contribution < 1.29 is 4.74 Å². The van der Waals surface area contributed by atoms with Crippen LogP contribution in [0.5, 0.6) is 10.8 Å². The molecule has 2 rings (SSSR count). The van der Waals surface area contributed by atoms with Crippen molar-refractivity contribution in [3.05, 3.63) is 36.5 Å². The summed E-state index contributed by atoms with van der Waals surface area (Å²) >= 11 is 1.23. The summed E-state index contributed by atoms with van der Waals surface area (Å²) in [5.41, 5.74) is 0. The summed E-state index contributed by atoms with van der Waals surface area (Å²) in [6.07, 6.45) is 1.59. The Bertz CT molecular complexity index is 333. The van der Waals surface area contributed by atoms with Crippen LogP contribution < -0.4 is 4.74 Å². The van der Waals surface area contributed by atoms with E-state index in [0.29, 0.717) is 5.06 Å². The van der Waals surface area contributed by atoms with Crippen LogP contribution in [0.3, 0.4) is 0 Å². The summed E-state index contributed by atoms with van der Waals surface area (Å²) in [6.45, 7) is 0. The lowest BCUT2D eigenvalue weighted by Gasteiger charge is -1.98. The van der Waals surface area contributed by atoms with Gasteiger partial charge in [0.2, 0.25) is 5.06 Å². The number of ether oxygens (including phenoxy) is 1. The van der Waals surface area contributed by atoms with Gasteiger partial charge in [0.05, 0.1) is 0 Å². The fourth-order valence-corrected chi connectivity index (χ4v) is 1.21. The molecule has 0 saturated heterocycles.